The molecule has 2 unspecified atom stereocenters. The van der Waals surface area contributed by atoms with Gasteiger partial charge in [-0.15, -0.1) is 0 Å². The first-order valence-electron chi connectivity index (χ1n) is 14.3. The van der Waals surface area contributed by atoms with E-state index in [-0.39, 0.29) is 5.41 Å². The van der Waals surface area contributed by atoms with E-state index in [4.69, 9.17) is 0 Å². The zero-order valence-corrected chi connectivity index (χ0v) is 22.6. The Kier molecular flexibility index (Phi) is 11.6. The molecular formula is C33H49N2+. The molecule has 2 heteroatoms. The molecule has 0 saturated carbocycles. The predicted molar refractivity (Wildman–Crippen MR) is 150 cm³/mol. The lowest BCUT2D eigenvalue weighted by molar-refractivity contribution is -0.705. The van der Waals surface area contributed by atoms with Crippen molar-refractivity contribution in [1.82, 2.24) is 4.98 Å². The minimum atomic E-state index is 0.0176. The smallest absolute Gasteiger partial charge is 0.247 e. The molecule has 2 atom stereocenters. The van der Waals surface area contributed by atoms with Crippen molar-refractivity contribution >= 4 is 0 Å². The Morgan fingerprint density at radius 3 is 1.97 bits per heavy atom. The topological polar surface area (TPSA) is 19.7 Å². The van der Waals surface area contributed by atoms with Crippen molar-refractivity contribution in [3.63, 3.8) is 0 Å². The van der Waals surface area contributed by atoms with E-state index in [1.165, 1.54) is 87.6 Å². The number of nitrogens with one attached hydrogen (secondary N) is 1. The van der Waals surface area contributed by atoms with Gasteiger partial charge in [-0.1, -0.05) is 133 Å². The van der Waals surface area contributed by atoms with Crippen molar-refractivity contribution in [2.45, 2.75) is 116 Å². The van der Waals surface area contributed by atoms with E-state index in [1.807, 2.05) is 0 Å². The van der Waals surface area contributed by atoms with Crippen LogP contribution in [0.3, 0.4) is 0 Å². The Labute approximate surface area is 215 Å². The molecule has 0 radical (unpaired) electrons. The molecule has 0 aliphatic heterocycles. The van der Waals surface area contributed by atoms with Gasteiger partial charge in [-0.3, -0.25) is 0 Å². The average molecular weight is 474 g/mol. The largest absolute Gasteiger partial charge is 0.258 e. The van der Waals surface area contributed by atoms with Gasteiger partial charge in [0.1, 0.15) is 12.4 Å². The Bertz CT molecular complexity index is 930. The van der Waals surface area contributed by atoms with E-state index in [0.29, 0.717) is 5.92 Å². The molecule has 0 fully saturated rings. The molecule has 0 amide bonds. The number of rotatable bonds is 17. The summed E-state index contributed by atoms with van der Waals surface area (Å²) in [6.07, 6.45) is 20.2. The fourth-order valence-corrected chi connectivity index (χ4v) is 5.78. The van der Waals surface area contributed by atoms with E-state index in [9.17, 15) is 0 Å². The molecular weight excluding hydrogens is 424 g/mol. The molecule has 2 nitrogen and oxygen atoms in total. The number of benzene rings is 2. The minimum absolute atomic E-state index is 0.0176. The predicted octanol–water partition coefficient (Wildman–Crippen LogP) is 8.92. The summed E-state index contributed by atoms with van der Waals surface area (Å²) in [5.74, 6) is 1.83. The Hall–Kier alpha value is -2.35. The number of aromatic amines is 1. The van der Waals surface area contributed by atoms with Crippen LogP contribution in [0, 0.1) is 0 Å². The highest BCUT2D eigenvalue weighted by molar-refractivity contribution is 5.32. The summed E-state index contributed by atoms with van der Waals surface area (Å²) in [5, 5.41) is 0. The second kappa shape index (κ2) is 14.9. The molecule has 190 valence electrons. The summed E-state index contributed by atoms with van der Waals surface area (Å²) in [6.45, 7) is 8.22. The molecule has 1 heterocycles. The molecule has 2 aromatic carbocycles. The minimum Gasteiger partial charge on any atom is -0.247 e. The highest BCUT2D eigenvalue weighted by Crippen LogP contribution is 2.43. The number of unbranched alkanes of at least 4 members (excludes halogenated alkanes) is 8. The number of aromatic nitrogens is 2. The lowest BCUT2D eigenvalue weighted by atomic mass is 9.66. The fourth-order valence-electron chi connectivity index (χ4n) is 5.78. The van der Waals surface area contributed by atoms with Crippen molar-refractivity contribution < 1.29 is 4.57 Å². The van der Waals surface area contributed by atoms with Crippen LogP contribution in [0.15, 0.2) is 73.1 Å². The lowest BCUT2D eigenvalue weighted by Gasteiger charge is -2.37. The first kappa shape index (κ1) is 27.2. The number of aryl methyl sites for hydroxylation is 1. The molecule has 0 spiro atoms. The normalized spacial score (nSPS) is 14.0. The van der Waals surface area contributed by atoms with Gasteiger partial charge in [0.05, 0.1) is 12.5 Å². The van der Waals surface area contributed by atoms with E-state index < -0.39 is 0 Å². The third kappa shape index (κ3) is 8.09. The number of nitrogens with zero attached hydrogens (tertiary/aromatic N) is 1. The summed E-state index contributed by atoms with van der Waals surface area (Å²) in [6, 6.07) is 22.3. The maximum Gasteiger partial charge on any atom is 0.258 e. The van der Waals surface area contributed by atoms with E-state index in [1.54, 1.807) is 0 Å². The summed E-state index contributed by atoms with van der Waals surface area (Å²) in [7, 11) is 0. The average Bonchev–Trinajstić information content (AvgIpc) is 3.35. The molecule has 1 N–H and O–H groups in total. The van der Waals surface area contributed by atoms with Gasteiger partial charge in [0, 0.05) is 5.41 Å². The first-order chi connectivity index (χ1) is 17.2. The number of hydrogen-bond acceptors (Lipinski definition) is 0. The number of H-pyrrole nitrogens is 1. The molecule has 0 bridgehead atoms. The highest BCUT2D eigenvalue weighted by Gasteiger charge is 2.41. The number of hydrogen-bond donors (Lipinski definition) is 1. The third-order valence-corrected chi connectivity index (χ3v) is 7.82. The van der Waals surface area contributed by atoms with Crippen molar-refractivity contribution in [2.75, 3.05) is 0 Å². The van der Waals surface area contributed by atoms with Gasteiger partial charge < -0.3 is 0 Å². The van der Waals surface area contributed by atoms with Crippen LogP contribution in [-0.4, -0.2) is 4.98 Å². The van der Waals surface area contributed by atoms with Gasteiger partial charge in [0.25, 0.3) is 5.82 Å². The van der Waals surface area contributed by atoms with Crippen molar-refractivity contribution in [2.24, 2.45) is 0 Å². The molecule has 0 aliphatic carbocycles. The molecule has 35 heavy (non-hydrogen) atoms. The van der Waals surface area contributed by atoms with Crippen LogP contribution in [0.2, 0.25) is 0 Å². The first-order valence-corrected chi connectivity index (χ1v) is 14.3. The second-order valence-electron chi connectivity index (χ2n) is 10.7. The Morgan fingerprint density at radius 2 is 1.34 bits per heavy atom. The number of imidazole rings is 1. The van der Waals surface area contributed by atoms with Crippen LogP contribution >= 0.6 is 0 Å². The van der Waals surface area contributed by atoms with E-state index in [2.05, 4.69) is 103 Å². The second-order valence-corrected chi connectivity index (χ2v) is 10.7. The van der Waals surface area contributed by atoms with Crippen molar-refractivity contribution in [3.8, 4) is 0 Å². The van der Waals surface area contributed by atoms with Crippen LogP contribution in [0.1, 0.15) is 114 Å². The van der Waals surface area contributed by atoms with Gasteiger partial charge >= 0.3 is 0 Å². The zero-order chi connectivity index (χ0) is 24.8. The lowest BCUT2D eigenvalue weighted by Crippen LogP contribution is -2.43. The van der Waals surface area contributed by atoms with Crippen LogP contribution in [-0.2, 0) is 18.4 Å². The summed E-state index contributed by atoms with van der Waals surface area (Å²) in [5.41, 5.74) is 2.87. The SMILES string of the molecule is CCCCCCCCCCC[n+]1cc[nH]c1C(CCC)C(C)(Cc1ccccc1)c1ccccc1. The zero-order valence-electron chi connectivity index (χ0n) is 22.6. The van der Waals surface area contributed by atoms with Crippen molar-refractivity contribution in [3.05, 3.63) is 90.0 Å². The summed E-state index contributed by atoms with van der Waals surface area (Å²) in [4.78, 5) is 3.70. The van der Waals surface area contributed by atoms with Gasteiger partial charge in [-0.25, -0.2) is 9.55 Å². The van der Waals surface area contributed by atoms with E-state index >= 15 is 0 Å². The van der Waals surface area contributed by atoms with Crippen LogP contribution < -0.4 is 4.57 Å². The quantitative estimate of drug-likeness (QED) is 0.149. The monoisotopic (exact) mass is 473 g/mol. The van der Waals surface area contributed by atoms with Crippen LogP contribution in [0.4, 0.5) is 0 Å². The molecule has 0 saturated heterocycles. The van der Waals surface area contributed by atoms with Crippen LogP contribution in [0.5, 0.6) is 0 Å². The Morgan fingerprint density at radius 1 is 0.743 bits per heavy atom. The third-order valence-electron chi connectivity index (χ3n) is 7.82. The highest BCUT2D eigenvalue weighted by atomic mass is 15.1. The van der Waals surface area contributed by atoms with Gasteiger partial charge in [-0.05, 0) is 36.8 Å². The van der Waals surface area contributed by atoms with E-state index in [0.717, 1.165) is 13.0 Å². The molecule has 3 rings (SSSR count). The standard InChI is InChI=1S/C33H48N2/c1-4-6-7-8-9-10-11-12-19-26-35-27-25-34-32(35)31(20-5-2)33(3,30-23-17-14-18-24-30)28-29-21-15-13-16-22-29/h13-18,21-25,27,31H,4-12,19-20,26,28H2,1-3H3/p+1. The van der Waals surface area contributed by atoms with Gasteiger partial charge in [0.2, 0.25) is 0 Å². The maximum atomic E-state index is 3.70. The Balaban J connectivity index is 1.72. The van der Waals surface area contributed by atoms with Gasteiger partial charge in [0.15, 0.2) is 0 Å². The molecule has 0 aliphatic rings. The van der Waals surface area contributed by atoms with Gasteiger partial charge in [-0.2, -0.15) is 0 Å². The van der Waals surface area contributed by atoms with Crippen molar-refractivity contribution in [1.29, 1.82) is 0 Å². The van der Waals surface area contributed by atoms with Crippen LogP contribution in [0.25, 0.3) is 0 Å². The summed E-state index contributed by atoms with van der Waals surface area (Å²) < 4.78 is 2.52. The fraction of sp³-hybridized carbons (Fsp3) is 0.545. The maximum absolute atomic E-state index is 3.70. The summed E-state index contributed by atoms with van der Waals surface area (Å²) >= 11 is 0. The molecule has 1 aromatic heterocycles. The molecule has 3 aromatic rings.